The monoisotopic (exact) mass is 353 g/mol. The summed E-state index contributed by atoms with van der Waals surface area (Å²) >= 11 is 0. The van der Waals surface area contributed by atoms with Gasteiger partial charge in [0.05, 0.1) is 26.7 Å². The molecule has 0 N–H and O–H groups in total. The second-order valence-electron chi connectivity index (χ2n) is 5.81. The second kappa shape index (κ2) is 10.0. The van der Waals surface area contributed by atoms with Gasteiger partial charge in [0.2, 0.25) is 5.91 Å². The first-order chi connectivity index (χ1) is 12.7. The minimum absolute atomic E-state index is 0.00545. The Morgan fingerprint density at radius 1 is 1.19 bits per heavy atom. The summed E-state index contributed by atoms with van der Waals surface area (Å²) in [5.74, 6) is 1.40. The van der Waals surface area contributed by atoms with Crippen LogP contribution in [0, 0.1) is 11.3 Å². The van der Waals surface area contributed by atoms with Crippen LogP contribution in [-0.2, 0) is 17.8 Å². The number of nitriles is 1. The van der Waals surface area contributed by atoms with E-state index in [4.69, 9.17) is 14.7 Å². The van der Waals surface area contributed by atoms with E-state index in [0.717, 1.165) is 11.1 Å². The molecule has 1 heterocycles. The molecule has 0 aliphatic rings. The van der Waals surface area contributed by atoms with Crippen molar-refractivity contribution < 1.29 is 14.3 Å². The Morgan fingerprint density at radius 3 is 2.50 bits per heavy atom. The van der Waals surface area contributed by atoms with Crippen molar-refractivity contribution in [1.82, 2.24) is 9.88 Å². The zero-order chi connectivity index (χ0) is 18.8. The summed E-state index contributed by atoms with van der Waals surface area (Å²) in [4.78, 5) is 18.5. The maximum absolute atomic E-state index is 12.7. The molecule has 0 aliphatic heterocycles. The van der Waals surface area contributed by atoms with E-state index in [9.17, 15) is 4.79 Å². The summed E-state index contributed by atoms with van der Waals surface area (Å²) in [5.41, 5.74) is 1.91. The Morgan fingerprint density at radius 2 is 1.92 bits per heavy atom. The van der Waals surface area contributed by atoms with Crippen molar-refractivity contribution in [2.45, 2.75) is 25.8 Å². The molecule has 0 atom stereocenters. The van der Waals surface area contributed by atoms with Crippen molar-refractivity contribution in [2.75, 3.05) is 20.8 Å². The minimum atomic E-state index is 0.00545. The van der Waals surface area contributed by atoms with E-state index < -0.39 is 0 Å². The van der Waals surface area contributed by atoms with E-state index in [-0.39, 0.29) is 5.91 Å². The fourth-order valence-corrected chi connectivity index (χ4v) is 2.61. The van der Waals surface area contributed by atoms with Gasteiger partial charge in [0, 0.05) is 38.0 Å². The molecule has 1 amide bonds. The highest BCUT2D eigenvalue weighted by Gasteiger charge is 2.14. The summed E-state index contributed by atoms with van der Waals surface area (Å²) in [6.07, 6.45) is 4.66. The minimum Gasteiger partial charge on any atom is -0.497 e. The zero-order valence-electron chi connectivity index (χ0n) is 15.1. The molecule has 2 rings (SSSR count). The average Bonchev–Trinajstić information content (AvgIpc) is 2.69. The number of pyridine rings is 1. The van der Waals surface area contributed by atoms with Crippen LogP contribution >= 0.6 is 0 Å². The Bertz CT molecular complexity index is 734. The van der Waals surface area contributed by atoms with Crippen molar-refractivity contribution in [3.8, 4) is 17.6 Å². The van der Waals surface area contributed by atoms with Gasteiger partial charge in [-0.15, -0.1) is 0 Å². The van der Waals surface area contributed by atoms with Gasteiger partial charge < -0.3 is 14.4 Å². The molecule has 6 heteroatoms. The summed E-state index contributed by atoms with van der Waals surface area (Å²) in [7, 11) is 3.20. The number of ether oxygens (including phenoxy) is 2. The fraction of sp³-hybridized carbons (Fsp3) is 0.350. The number of carbonyl (C=O) groups is 1. The van der Waals surface area contributed by atoms with Crippen molar-refractivity contribution in [3.63, 3.8) is 0 Å². The molecule has 6 nitrogen and oxygen atoms in total. The van der Waals surface area contributed by atoms with Crippen LogP contribution in [0.2, 0.25) is 0 Å². The lowest BCUT2D eigenvalue weighted by atomic mass is 10.1. The summed E-state index contributed by atoms with van der Waals surface area (Å²) < 4.78 is 10.5. The largest absolute Gasteiger partial charge is 0.497 e. The first-order valence-corrected chi connectivity index (χ1v) is 8.42. The molecule has 1 aromatic carbocycles. The van der Waals surface area contributed by atoms with Crippen molar-refractivity contribution in [3.05, 3.63) is 53.9 Å². The molecule has 0 aliphatic carbocycles. The predicted molar refractivity (Wildman–Crippen MR) is 97.8 cm³/mol. The highest BCUT2D eigenvalue weighted by atomic mass is 16.5. The number of nitrogens with zero attached hydrogens (tertiary/aromatic N) is 3. The van der Waals surface area contributed by atoms with Crippen LogP contribution in [0.15, 0.2) is 42.7 Å². The van der Waals surface area contributed by atoms with Crippen LogP contribution in [0.1, 0.15) is 24.0 Å². The van der Waals surface area contributed by atoms with Gasteiger partial charge in [0.15, 0.2) is 0 Å². The lowest BCUT2D eigenvalue weighted by Gasteiger charge is -2.22. The molecule has 1 aromatic heterocycles. The maximum atomic E-state index is 12.7. The van der Waals surface area contributed by atoms with Crippen molar-refractivity contribution in [1.29, 1.82) is 5.26 Å². The van der Waals surface area contributed by atoms with Crippen molar-refractivity contribution in [2.24, 2.45) is 0 Å². The summed E-state index contributed by atoms with van der Waals surface area (Å²) in [6, 6.07) is 11.5. The molecule has 0 bridgehead atoms. The molecule has 0 unspecified atom stereocenters. The second-order valence-corrected chi connectivity index (χ2v) is 5.81. The number of hydrogen-bond donors (Lipinski definition) is 0. The smallest absolute Gasteiger partial charge is 0.223 e. The number of hydrogen-bond acceptors (Lipinski definition) is 5. The Balaban J connectivity index is 2.03. The third kappa shape index (κ3) is 5.78. The maximum Gasteiger partial charge on any atom is 0.223 e. The fourth-order valence-electron chi connectivity index (χ4n) is 2.61. The van der Waals surface area contributed by atoms with Gasteiger partial charge in [0.25, 0.3) is 0 Å². The van der Waals surface area contributed by atoms with E-state index in [1.54, 1.807) is 37.6 Å². The Kier molecular flexibility index (Phi) is 7.44. The van der Waals surface area contributed by atoms with E-state index >= 15 is 0 Å². The van der Waals surface area contributed by atoms with Gasteiger partial charge in [0.1, 0.15) is 11.5 Å². The topological polar surface area (TPSA) is 75.5 Å². The van der Waals surface area contributed by atoms with E-state index in [0.29, 0.717) is 43.9 Å². The number of amides is 1. The molecule has 0 fully saturated rings. The van der Waals surface area contributed by atoms with Crippen LogP contribution in [0.25, 0.3) is 0 Å². The highest BCUT2D eigenvalue weighted by Crippen LogP contribution is 2.23. The average molecular weight is 353 g/mol. The third-order valence-corrected chi connectivity index (χ3v) is 3.98. The highest BCUT2D eigenvalue weighted by molar-refractivity contribution is 5.76. The van der Waals surface area contributed by atoms with E-state index in [1.165, 1.54) is 0 Å². The number of carbonyl (C=O) groups excluding carboxylic acids is 1. The third-order valence-electron chi connectivity index (χ3n) is 3.98. The molecule has 2 aromatic rings. The SMILES string of the molecule is COc1cc(CCC(=O)N(CCC#N)Cc2cccnc2)cc(OC)c1. The van der Waals surface area contributed by atoms with Crippen molar-refractivity contribution >= 4 is 5.91 Å². The molecule has 0 spiro atoms. The van der Waals surface area contributed by atoms with Gasteiger partial charge in [-0.3, -0.25) is 9.78 Å². The number of aryl methyl sites for hydroxylation is 1. The van der Waals surface area contributed by atoms with Gasteiger partial charge in [-0.25, -0.2) is 0 Å². The van der Waals surface area contributed by atoms with Crippen LogP contribution in [-0.4, -0.2) is 36.6 Å². The standard InChI is InChI=1S/C20H23N3O3/c1-25-18-11-16(12-19(13-18)26-2)6-7-20(24)23(10-4-8-21)15-17-5-3-9-22-14-17/h3,5,9,11-14H,4,6-7,10,15H2,1-2H3. The van der Waals surface area contributed by atoms with Gasteiger partial charge >= 0.3 is 0 Å². The lowest BCUT2D eigenvalue weighted by molar-refractivity contribution is -0.131. The lowest BCUT2D eigenvalue weighted by Crippen LogP contribution is -2.31. The number of aromatic nitrogens is 1. The van der Waals surface area contributed by atoms with Crippen LogP contribution < -0.4 is 9.47 Å². The first kappa shape index (κ1) is 19.3. The molecule has 26 heavy (non-hydrogen) atoms. The van der Waals surface area contributed by atoms with Gasteiger partial charge in [-0.2, -0.15) is 5.26 Å². The molecular formula is C20H23N3O3. The summed E-state index contributed by atoms with van der Waals surface area (Å²) in [6.45, 7) is 0.863. The summed E-state index contributed by atoms with van der Waals surface area (Å²) in [5, 5.41) is 8.86. The van der Waals surface area contributed by atoms with E-state index in [1.807, 2.05) is 24.3 Å². The molecule has 0 saturated carbocycles. The number of rotatable bonds is 9. The normalized spacial score (nSPS) is 10.0. The van der Waals surface area contributed by atoms with Gasteiger partial charge in [-0.05, 0) is 35.7 Å². The van der Waals surface area contributed by atoms with Crippen LogP contribution in [0.5, 0.6) is 11.5 Å². The number of benzene rings is 1. The predicted octanol–water partition coefficient (Wildman–Crippen LogP) is 2.97. The Hall–Kier alpha value is -3.07. The van der Waals surface area contributed by atoms with Crippen LogP contribution in [0.3, 0.4) is 0 Å². The zero-order valence-corrected chi connectivity index (χ0v) is 15.1. The first-order valence-electron chi connectivity index (χ1n) is 8.42. The molecular weight excluding hydrogens is 330 g/mol. The van der Waals surface area contributed by atoms with Crippen LogP contribution in [0.4, 0.5) is 0 Å². The van der Waals surface area contributed by atoms with E-state index in [2.05, 4.69) is 11.1 Å². The molecule has 0 saturated heterocycles. The molecule has 0 radical (unpaired) electrons. The van der Waals surface area contributed by atoms with Gasteiger partial charge in [-0.1, -0.05) is 6.07 Å². The number of methoxy groups -OCH3 is 2. The Labute approximate surface area is 154 Å². The molecule has 136 valence electrons. The quantitative estimate of drug-likeness (QED) is 0.693.